The first-order valence-corrected chi connectivity index (χ1v) is 10.5. The van der Waals surface area contributed by atoms with Crippen LogP contribution in [0.4, 0.5) is 17.1 Å². The van der Waals surface area contributed by atoms with Gasteiger partial charge >= 0.3 is 0 Å². The van der Waals surface area contributed by atoms with Crippen molar-refractivity contribution in [2.75, 3.05) is 5.32 Å². The fourth-order valence-corrected chi connectivity index (χ4v) is 3.49. The van der Waals surface area contributed by atoms with Crippen LogP contribution in [-0.4, -0.2) is 21.7 Å². The number of nitrogens with zero attached hydrogens (tertiary/aromatic N) is 2. The molecule has 0 aliphatic carbocycles. The van der Waals surface area contributed by atoms with Gasteiger partial charge in [0.05, 0.1) is 20.4 Å². The Hall–Kier alpha value is -4.57. The number of non-ortho nitro benzene ring substituents is 2. The van der Waals surface area contributed by atoms with Gasteiger partial charge in [-0.05, 0) is 54.8 Å². The molecule has 0 spiro atoms. The first-order valence-electron chi connectivity index (χ1n) is 10.1. The van der Waals surface area contributed by atoms with Crippen molar-refractivity contribution >= 4 is 46.6 Å². The average molecular weight is 495 g/mol. The molecule has 0 saturated heterocycles. The maximum Gasteiger partial charge on any atom is 0.272 e. The van der Waals surface area contributed by atoms with Gasteiger partial charge in [0.2, 0.25) is 0 Å². The topological polar surface area (TPSA) is 144 Å². The number of carbonyl (C=O) groups excluding carboxylic acids is 2. The van der Waals surface area contributed by atoms with E-state index in [9.17, 15) is 29.8 Å². The van der Waals surface area contributed by atoms with Crippen LogP contribution in [0.2, 0.25) is 5.02 Å². The summed E-state index contributed by atoms with van der Waals surface area (Å²) in [5.74, 6) is -1.58. The largest absolute Gasteiger partial charge is 0.321 e. The maximum atomic E-state index is 13.1. The summed E-state index contributed by atoms with van der Waals surface area (Å²) in [6.45, 7) is 3.71. The van der Waals surface area contributed by atoms with Crippen LogP contribution in [0, 0.1) is 34.1 Å². The Morgan fingerprint density at radius 3 is 2.14 bits per heavy atom. The third kappa shape index (κ3) is 6.49. The fourth-order valence-electron chi connectivity index (χ4n) is 3.29. The summed E-state index contributed by atoms with van der Waals surface area (Å²) in [6.07, 6.45) is 1.26. The molecular weight excluding hydrogens is 476 g/mol. The summed E-state index contributed by atoms with van der Waals surface area (Å²) in [4.78, 5) is 47.0. The predicted octanol–water partition coefficient (Wildman–Crippen LogP) is 5.18. The number of hydrogen-bond donors (Lipinski definition) is 2. The molecule has 2 N–H and O–H groups in total. The number of nitro benzene ring substituents is 2. The monoisotopic (exact) mass is 494 g/mol. The van der Waals surface area contributed by atoms with Crippen LogP contribution in [0.5, 0.6) is 0 Å². The van der Waals surface area contributed by atoms with Crippen LogP contribution in [0.15, 0.2) is 66.4 Å². The standard InChI is InChI=1S/C24H19ClN4O6/c1-14-8-15(2)10-17(9-14)26-24(31)22(12-16-4-3-5-18(11-16)28(32)33)27-23(30)20-13-19(29(34)35)6-7-21(20)25/h3-13H,1-2H3,(H,26,31)(H,27,30). The third-order valence-electron chi connectivity index (χ3n) is 4.77. The number of hydrogen-bond acceptors (Lipinski definition) is 6. The van der Waals surface area contributed by atoms with Crippen molar-refractivity contribution < 1.29 is 19.4 Å². The highest BCUT2D eigenvalue weighted by Gasteiger charge is 2.20. The number of anilines is 1. The van der Waals surface area contributed by atoms with Crippen molar-refractivity contribution in [2.45, 2.75) is 13.8 Å². The van der Waals surface area contributed by atoms with E-state index in [1.54, 1.807) is 12.1 Å². The minimum Gasteiger partial charge on any atom is -0.321 e. The molecule has 0 saturated carbocycles. The minimum absolute atomic E-state index is 0.0579. The Kier molecular flexibility index (Phi) is 7.57. The second-order valence-electron chi connectivity index (χ2n) is 7.62. The average Bonchev–Trinajstić information content (AvgIpc) is 2.78. The molecule has 0 aliphatic rings. The smallest absolute Gasteiger partial charge is 0.272 e. The predicted molar refractivity (Wildman–Crippen MR) is 131 cm³/mol. The zero-order chi connectivity index (χ0) is 25.7. The Labute approximate surface area is 204 Å². The Balaban J connectivity index is 2.00. The van der Waals surface area contributed by atoms with Gasteiger partial charge in [0.25, 0.3) is 23.2 Å². The fraction of sp³-hybridized carbons (Fsp3) is 0.0833. The van der Waals surface area contributed by atoms with Gasteiger partial charge < -0.3 is 10.6 Å². The van der Waals surface area contributed by atoms with Crippen LogP contribution < -0.4 is 10.6 Å². The van der Waals surface area contributed by atoms with Crippen molar-refractivity contribution in [3.8, 4) is 0 Å². The second-order valence-corrected chi connectivity index (χ2v) is 8.02. The number of nitrogens with one attached hydrogen (secondary N) is 2. The van der Waals surface area contributed by atoms with Crippen molar-refractivity contribution in [1.82, 2.24) is 5.32 Å². The van der Waals surface area contributed by atoms with E-state index in [2.05, 4.69) is 10.6 Å². The molecule has 0 aliphatic heterocycles. The summed E-state index contributed by atoms with van der Waals surface area (Å²) in [5, 5.41) is 27.3. The van der Waals surface area contributed by atoms with E-state index in [0.717, 1.165) is 23.3 Å². The summed E-state index contributed by atoms with van der Waals surface area (Å²) in [6, 6.07) is 14.2. The second kappa shape index (κ2) is 10.6. The SMILES string of the molecule is Cc1cc(C)cc(NC(=O)C(=Cc2cccc([N+](=O)[O-])c2)NC(=O)c2cc([N+](=O)[O-])ccc2Cl)c1. The van der Waals surface area contributed by atoms with Crippen LogP contribution in [0.3, 0.4) is 0 Å². The highest BCUT2D eigenvalue weighted by atomic mass is 35.5. The Bertz CT molecular complexity index is 1370. The first-order chi connectivity index (χ1) is 16.5. The summed E-state index contributed by atoms with van der Waals surface area (Å²) in [7, 11) is 0. The molecule has 10 nitrogen and oxygen atoms in total. The molecule has 2 amide bonds. The maximum absolute atomic E-state index is 13.1. The quantitative estimate of drug-likeness (QED) is 0.263. The van der Waals surface area contributed by atoms with E-state index >= 15 is 0 Å². The molecule has 0 heterocycles. The van der Waals surface area contributed by atoms with E-state index in [4.69, 9.17) is 11.6 Å². The van der Waals surface area contributed by atoms with Gasteiger partial charge in [-0.1, -0.05) is 29.8 Å². The van der Waals surface area contributed by atoms with Gasteiger partial charge in [0, 0.05) is 30.0 Å². The molecule has 0 fully saturated rings. The van der Waals surface area contributed by atoms with Gasteiger partial charge in [0.15, 0.2) is 0 Å². The number of amides is 2. The lowest BCUT2D eigenvalue weighted by Gasteiger charge is -2.13. The number of carbonyl (C=O) groups is 2. The molecule has 3 rings (SSSR count). The van der Waals surface area contributed by atoms with Crippen molar-refractivity contribution in [3.05, 3.63) is 114 Å². The van der Waals surface area contributed by atoms with Crippen LogP contribution in [0.1, 0.15) is 27.0 Å². The number of benzene rings is 3. The minimum atomic E-state index is -0.869. The number of aryl methyl sites for hydroxylation is 2. The van der Waals surface area contributed by atoms with Crippen molar-refractivity contribution in [3.63, 3.8) is 0 Å². The number of rotatable bonds is 7. The van der Waals surface area contributed by atoms with Gasteiger partial charge in [0.1, 0.15) is 5.70 Å². The van der Waals surface area contributed by atoms with E-state index in [1.165, 1.54) is 36.4 Å². The normalized spacial score (nSPS) is 11.0. The van der Waals surface area contributed by atoms with Crippen LogP contribution in [-0.2, 0) is 4.79 Å². The molecule has 0 unspecified atom stereocenters. The number of halogens is 1. The van der Waals surface area contributed by atoms with Gasteiger partial charge in [-0.15, -0.1) is 0 Å². The van der Waals surface area contributed by atoms with Crippen LogP contribution in [0.25, 0.3) is 6.08 Å². The summed E-state index contributed by atoms with van der Waals surface area (Å²) < 4.78 is 0. The summed E-state index contributed by atoms with van der Waals surface area (Å²) in [5.41, 5.74) is 1.51. The molecule has 0 radical (unpaired) electrons. The Morgan fingerprint density at radius 2 is 1.51 bits per heavy atom. The number of nitro groups is 2. The molecule has 0 atom stereocenters. The molecule has 178 valence electrons. The van der Waals surface area contributed by atoms with Crippen molar-refractivity contribution in [1.29, 1.82) is 0 Å². The first kappa shape index (κ1) is 25.1. The Morgan fingerprint density at radius 1 is 0.886 bits per heavy atom. The molecule has 35 heavy (non-hydrogen) atoms. The molecule has 3 aromatic carbocycles. The molecular formula is C24H19ClN4O6. The summed E-state index contributed by atoms with van der Waals surface area (Å²) >= 11 is 6.06. The van der Waals surface area contributed by atoms with Crippen LogP contribution >= 0.6 is 11.6 Å². The molecule has 0 bridgehead atoms. The lowest BCUT2D eigenvalue weighted by molar-refractivity contribution is -0.385. The molecule has 11 heteroatoms. The highest BCUT2D eigenvalue weighted by molar-refractivity contribution is 6.34. The highest BCUT2D eigenvalue weighted by Crippen LogP contribution is 2.23. The van der Waals surface area contributed by atoms with Gasteiger partial charge in [-0.3, -0.25) is 29.8 Å². The molecule has 3 aromatic rings. The van der Waals surface area contributed by atoms with E-state index in [1.807, 2.05) is 19.9 Å². The lowest BCUT2D eigenvalue weighted by atomic mass is 10.1. The van der Waals surface area contributed by atoms with Gasteiger partial charge in [-0.2, -0.15) is 0 Å². The van der Waals surface area contributed by atoms with E-state index in [0.29, 0.717) is 5.69 Å². The molecule has 0 aromatic heterocycles. The third-order valence-corrected chi connectivity index (χ3v) is 5.10. The lowest BCUT2D eigenvalue weighted by Crippen LogP contribution is -2.31. The zero-order valence-corrected chi connectivity index (χ0v) is 19.3. The van der Waals surface area contributed by atoms with Gasteiger partial charge in [-0.25, -0.2) is 0 Å². The van der Waals surface area contributed by atoms with E-state index in [-0.39, 0.29) is 33.2 Å². The van der Waals surface area contributed by atoms with Crippen molar-refractivity contribution in [2.24, 2.45) is 0 Å². The zero-order valence-electron chi connectivity index (χ0n) is 18.6. The van der Waals surface area contributed by atoms with E-state index < -0.39 is 21.7 Å².